The van der Waals surface area contributed by atoms with Gasteiger partial charge in [0.2, 0.25) is 0 Å². The number of nitrogens with one attached hydrogen (secondary N) is 3. The summed E-state index contributed by atoms with van der Waals surface area (Å²) in [6, 6.07) is 8.45. The van der Waals surface area contributed by atoms with Crippen molar-refractivity contribution in [2.75, 3.05) is 18.4 Å². The highest BCUT2D eigenvalue weighted by atomic mass is 15.2. The lowest BCUT2D eigenvalue weighted by Gasteiger charge is -2.11. The molecule has 3 N–H and O–H groups in total. The molecule has 18 heavy (non-hydrogen) atoms. The Balaban J connectivity index is 1.60. The lowest BCUT2D eigenvalue weighted by molar-refractivity contribution is 0.632. The highest BCUT2D eigenvalue weighted by Crippen LogP contribution is 2.14. The summed E-state index contributed by atoms with van der Waals surface area (Å²) in [5.74, 6) is 0.832. The first-order valence-corrected chi connectivity index (χ1v) is 6.36. The van der Waals surface area contributed by atoms with Crippen molar-refractivity contribution in [3.63, 3.8) is 0 Å². The van der Waals surface area contributed by atoms with Crippen LogP contribution < -0.4 is 10.6 Å². The van der Waals surface area contributed by atoms with Crippen LogP contribution in [0.2, 0.25) is 0 Å². The van der Waals surface area contributed by atoms with Crippen molar-refractivity contribution in [1.29, 1.82) is 0 Å². The quantitative estimate of drug-likeness (QED) is 0.763. The lowest BCUT2D eigenvalue weighted by atomic mass is 10.2. The predicted molar refractivity (Wildman–Crippen MR) is 71.3 cm³/mol. The molecule has 0 spiro atoms. The number of anilines is 1. The number of hydrogen-bond acceptors (Lipinski definition) is 4. The van der Waals surface area contributed by atoms with Gasteiger partial charge in [-0.15, -0.1) is 10.2 Å². The van der Waals surface area contributed by atoms with E-state index in [2.05, 4.69) is 25.8 Å². The molecule has 1 fully saturated rings. The molecule has 0 saturated carbocycles. The lowest BCUT2D eigenvalue weighted by Crippen LogP contribution is -2.29. The fourth-order valence-electron chi connectivity index (χ4n) is 2.22. The highest BCUT2D eigenvalue weighted by molar-refractivity contribution is 5.54. The van der Waals surface area contributed by atoms with Gasteiger partial charge in [-0.3, -0.25) is 0 Å². The molecule has 1 atom stereocenters. The molecule has 5 nitrogen and oxygen atoms in total. The molecule has 0 bridgehead atoms. The Labute approximate surface area is 106 Å². The van der Waals surface area contributed by atoms with Crippen LogP contribution in [0.15, 0.2) is 30.5 Å². The van der Waals surface area contributed by atoms with Crippen LogP contribution in [0.4, 0.5) is 5.82 Å². The molecule has 1 saturated heterocycles. The van der Waals surface area contributed by atoms with E-state index in [1.54, 1.807) is 0 Å². The Kier molecular flexibility index (Phi) is 3.23. The van der Waals surface area contributed by atoms with Crippen molar-refractivity contribution in [2.45, 2.75) is 18.9 Å². The summed E-state index contributed by atoms with van der Waals surface area (Å²) in [5, 5.41) is 15.1. The van der Waals surface area contributed by atoms with E-state index >= 15 is 0 Å². The van der Waals surface area contributed by atoms with Gasteiger partial charge in [-0.2, -0.15) is 0 Å². The molecule has 0 radical (unpaired) electrons. The first kappa shape index (κ1) is 11.2. The van der Waals surface area contributed by atoms with Crippen LogP contribution in [0.1, 0.15) is 12.8 Å². The fraction of sp³-hybridized carbons (Fsp3) is 0.385. The zero-order valence-corrected chi connectivity index (χ0v) is 10.2. The van der Waals surface area contributed by atoms with E-state index in [1.807, 2.05) is 30.5 Å². The van der Waals surface area contributed by atoms with Crippen LogP contribution in [-0.4, -0.2) is 34.3 Å². The molecule has 0 aromatic carbocycles. The maximum atomic E-state index is 4.20. The molecule has 0 aliphatic carbocycles. The summed E-state index contributed by atoms with van der Waals surface area (Å²) in [5.41, 5.74) is 1.86. The minimum atomic E-state index is 0.565. The van der Waals surface area contributed by atoms with E-state index < -0.39 is 0 Å². The number of hydrogen-bond donors (Lipinski definition) is 3. The van der Waals surface area contributed by atoms with Crippen LogP contribution >= 0.6 is 0 Å². The van der Waals surface area contributed by atoms with Gasteiger partial charge in [0.1, 0.15) is 11.5 Å². The van der Waals surface area contributed by atoms with Crippen LogP contribution in [0.5, 0.6) is 0 Å². The van der Waals surface area contributed by atoms with Gasteiger partial charge in [-0.1, -0.05) is 0 Å². The average Bonchev–Trinajstić information content (AvgIpc) is 3.10. The second kappa shape index (κ2) is 5.18. The summed E-state index contributed by atoms with van der Waals surface area (Å²) in [6.07, 6.45) is 4.39. The van der Waals surface area contributed by atoms with E-state index in [1.165, 1.54) is 12.8 Å². The number of aromatic nitrogens is 3. The molecular formula is C13H17N5. The van der Waals surface area contributed by atoms with Crippen LogP contribution in [0.3, 0.4) is 0 Å². The van der Waals surface area contributed by atoms with E-state index in [4.69, 9.17) is 0 Å². The summed E-state index contributed by atoms with van der Waals surface area (Å²) in [7, 11) is 0. The molecule has 1 unspecified atom stereocenters. The van der Waals surface area contributed by atoms with E-state index in [0.717, 1.165) is 30.3 Å². The van der Waals surface area contributed by atoms with Gasteiger partial charge >= 0.3 is 0 Å². The second-order valence-corrected chi connectivity index (χ2v) is 4.56. The predicted octanol–water partition coefficient (Wildman–Crippen LogP) is 1.64. The van der Waals surface area contributed by atoms with E-state index in [9.17, 15) is 0 Å². The van der Waals surface area contributed by atoms with Gasteiger partial charge in [0.15, 0.2) is 0 Å². The van der Waals surface area contributed by atoms with Crippen molar-refractivity contribution in [1.82, 2.24) is 20.5 Å². The van der Waals surface area contributed by atoms with Gasteiger partial charge in [0, 0.05) is 18.8 Å². The molecule has 5 heteroatoms. The molecular weight excluding hydrogens is 226 g/mol. The molecule has 1 aliphatic heterocycles. The molecule has 0 amide bonds. The van der Waals surface area contributed by atoms with Crippen LogP contribution in [0.25, 0.3) is 11.4 Å². The second-order valence-electron chi connectivity index (χ2n) is 4.56. The third-order valence-electron chi connectivity index (χ3n) is 3.23. The topological polar surface area (TPSA) is 65.6 Å². The fourth-order valence-corrected chi connectivity index (χ4v) is 2.22. The first-order chi connectivity index (χ1) is 8.92. The largest absolute Gasteiger partial charge is 0.367 e. The Morgan fingerprint density at radius 3 is 2.94 bits per heavy atom. The van der Waals surface area contributed by atoms with Crippen molar-refractivity contribution < 1.29 is 0 Å². The van der Waals surface area contributed by atoms with Gasteiger partial charge in [-0.25, -0.2) is 0 Å². The Bertz CT molecular complexity index is 471. The normalized spacial score (nSPS) is 19.0. The first-order valence-electron chi connectivity index (χ1n) is 6.36. The number of aromatic amines is 1. The highest BCUT2D eigenvalue weighted by Gasteiger charge is 2.13. The third kappa shape index (κ3) is 2.51. The maximum absolute atomic E-state index is 4.20. The standard InChI is InChI=1S/C13H17N5/c1-3-10(14-7-1)9-16-13-6-5-12(17-18-13)11-4-2-8-15-11/h2,4-6,8,10,14-15H,1,3,7,9H2,(H,16,18). The van der Waals surface area contributed by atoms with Crippen LogP contribution in [0, 0.1) is 0 Å². The molecule has 94 valence electrons. The van der Waals surface area contributed by atoms with E-state index in [0.29, 0.717) is 6.04 Å². The van der Waals surface area contributed by atoms with Gasteiger partial charge < -0.3 is 15.6 Å². The van der Waals surface area contributed by atoms with Gasteiger partial charge in [0.05, 0.1) is 5.69 Å². The molecule has 1 aliphatic rings. The SMILES string of the molecule is c1c[nH]c(-c2ccc(NCC3CCCN3)nn2)c1. The molecule has 2 aromatic rings. The summed E-state index contributed by atoms with van der Waals surface area (Å²) >= 11 is 0. The summed E-state index contributed by atoms with van der Waals surface area (Å²) in [6.45, 7) is 2.04. The Morgan fingerprint density at radius 1 is 1.28 bits per heavy atom. The number of rotatable bonds is 4. The Hall–Kier alpha value is -1.88. The number of H-pyrrole nitrogens is 1. The molecule has 3 rings (SSSR count). The minimum Gasteiger partial charge on any atom is -0.367 e. The smallest absolute Gasteiger partial charge is 0.148 e. The van der Waals surface area contributed by atoms with Crippen molar-refractivity contribution in [3.8, 4) is 11.4 Å². The van der Waals surface area contributed by atoms with Crippen molar-refractivity contribution in [2.24, 2.45) is 0 Å². The zero-order chi connectivity index (χ0) is 12.2. The summed E-state index contributed by atoms with van der Waals surface area (Å²) < 4.78 is 0. The average molecular weight is 243 g/mol. The monoisotopic (exact) mass is 243 g/mol. The molecule has 2 aromatic heterocycles. The van der Waals surface area contributed by atoms with E-state index in [-0.39, 0.29) is 0 Å². The Morgan fingerprint density at radius 2 is 2.28 bits per heavy atom. The summed E-state index contributed by atoms with van der Waals surface area (Å²) in [4.78, 5) is 3.12. The van der Waals surface area contributed by atoms with Crippen molar-refractivity contribution >= 4 is 5.82 Å². The van der Waals surface area contributed by atoms with Crippen molar-refractivity contribution in [3.05, 3.63) is 30.5 Å². The molecule has 3 heterocycles. The third-order valence-corrected chi connectivity index (χ3v) is 3.23. The number of nitrogens with zero attached hydrogens (tertiary/aromatic N) is 2. The van der Waals surface area contributed by atoms with Gasteiger partial charge in [-0.05, 0) is 43.7 Å². The minimum absolute atomic E-state index is 0.565. The maximum Gasteiger partial charge on any atom is 0.148 e. The zero-order valence-electron chi connectivity index (χ0n) is 10.2. The van der Waals surface area contributed by atoms with Crippen LogP contribution in [-0.2, 0) is 0 Å². The van der Waals surface area contributed by atoms with Gasteiger partial charge in [0.25, 0.3) is 0 Å².